The Morgan fingerprint density at radius 3 is 2.47 bits per heavy atom. The molecule has 0 unspecified atom stereocenters. The molecule has 0 spiro atoms. The van der Waals surface area contributed by atoms with Crippen molar-refractivity contribution in [1.82, 2.24) is 5.32 Å². The van der Waals surface area contributed by atoms with E-state index in [2.05, 4.69) is 5.32 Å². The van der Waals surface area contributed by atoms with Crippen LogP contribution in [-0.4, -0.2) is 26.3 Å². The molecule has 1 aliphatic heterocycles. The summed E-state index contributed by atoms with van der Waals surface area (Å²) in [6, 6.07) is 3.77. The Labute approximate surface area is 109 Å². The van der Waals surface area contributed by atoms with E-state index in [1.807, 2.05) is 0 Å². The van der Waals surface area contributed by atoms with Crippen LogP contribution in [0, 0.1) is 0 Å². The average molecular weight is 275 g/mol. The van der Waals surface area contributed by atoms with Crippen LogP contribution in [0.25, 0.3) is 0 Å². The summed E-state index contributed by atoms with van der Waals surface area (Å²) in [5.41, 5.74) is -0.787. The van der Waals surface area contributed by atoms with Crippen LogP contribution in [0.2, 0.25) is 0 Å². The number of alkyl halides is 3. The molecule has 1 saturated heterocycles. The Kier molecular flexibility index (Phi) is 4.19. The van der Waals surface area contributed by atoms with Gasteiger partial charge in [0, 0.05) is 0 Å². The Morgan fingerprint density at radius 1 is 1.21 bits per heavy atom. The summed E-state index contributed by atoms with van der Waals surface area (Å²) < 4.78 is 49.2. The molecule has 0 atom stereocenters. The molecule has 1 aliphatic rings. The molecular weight excluding hydrogens is 259 g/mol. The predicted molar refractivity (Wildman–Crippen MR) is 64.5 cm³/mol. The number of benzene rings is 1. The summed E-state index contributed by atoms with van der Waals surface area (Å²) in [6.45, 7) is 1.53. The van der Waals surface area contributed by atoms with Crippen LogP contribution in [0.3, 0.4) is 0 Å². The number of piperidine rings is 1. The van der Waals surface area contributed by atoms with E-state index in [0.717, 1.165) is 19.2 Å². The number of hydrogen-bond acceptors (Lipinski definition) is 3. The number of hydrogen-bond donors (Lipinski definition) is 1. The van der Waals surface area contributed by atoms with Crippen molar-refractivity contribution in [3.05, 3.63) is 23.8 Å². The second-order valence-electron chi connectivity index (χ2n) is 4.43. The minimum atomic E-state index is -4.45. The first-order valence-corrected chi connectivity index (χ1v) is 6.13. The summed E-state index contributed by atoms with van der Waals surface area (Å²) in [4.78, 5) is 0. The maximum Gasteiger partial charge on any atom is 0.420 e. The van der Waals surface area contributed by atoms with Crippen molar-refractivity contribution in [3.63, 3.8) is 0 Å². The monoisotopic (exact) mass is 275 g/mol. The van der Waals surface area contributed by atoms with E-state index in [-0.39, 0.29) is 17.6 Å². The van der Waals surface area contributed by atoms with Crippen molar-refractivity contribution in [1.29, 1.82) is 0 Å². The normalized spacial score (nSPS) is 17.3. The lowest BCUT2D eigenvalue weighted by Gasteiger charge is -2.25. The highest BCUT2D eigenvalue weighted by molar-refractivity contribution is 5.42. The van der Waals surface area contributed by atoms with Gasteiger partial charge in [-0.25, -0.2) is 0 Å². The Hall–Kier alpha value is -1.43. The molecule has 1 aromatic carbocycles. The minimum Gasteiger partial charge on any atom is -0.497 e. The largest absolute Gasteiger partial charge is 0.497 e. The van der Waals surface area contributed by atoms with Gasteiger partial charge in [0.2, 0.25) is 0 Å². The van der Waals surface area contributed by atoms with Crippen LogP contribution in [0.4, 0.5) is 13.2 Å². The van der Waals surface area contributed by atoms with Crippen LogP contribution >= 0.6 is 0 Å². The van der Waals surface area contributed by atoms with Gasteiger partial charge in [-0.1, -0.05) is 0 Å². The molecule has 0 radical (unpaired) electrons. The van der Waals surface area contributed by atoms with Gasteiger partial charge in [0.05, 0.1) is 7.11 Å². The maximum absolute atomic E-state index is 13.0. The average Bonchev–Trinajstić information content (AvgIpc) is 2.39. The third-order valence-corrected chi connectivity index (χ3v) is 3.07. The van der Waals surface area contributed by atoms with E-state index in [1.54, 1.807) is 0 Å². The molecule has 1 heterocycles. The third-order valence-electron chi connectivity index (χ3n) is 3.07. The zero-order valence-corrected chi connectivity index (χ0v) is 10.6. The first-order chi connectivity index (χ1) is 9.00. The van der Waals surface area contributed by atoms with Crippen LogP contribution in [0.15, 0.2) is 18.2 Å². The zero-order valence-electron chi connectivity index (χ0n) is 10.6. The Morgan fingerprint density at radius 2 is 1.89 bits per heavy atom. The van der Waals surface area contributed by atoms with Gasteiger partial charge in [0.25, 0.3) is 0 Å². The fraction of sp³-hybridized carbons (Fsp3) is 0.538. The van der Waals surface area contributed by atoms with Crippen molar-refractivity contribution in [3.8, 4) is 11.5 Å². The topological polar surface area (TPSA) is 30.5 Å². The van der Waals surface area contributed by atoms with E-state index >= 15 is 0 Å². The quantitative estimate of drug-likeness (QED) is 0.920. The lowest BCUT2D eigenvalue weighted by molar-refractivity contribution is -0.139. The molecule has 0 amide bonds. The minimum absolute atomic E-state index is 0.125. The second kappa shape index (κ2) is 5.69. The lowest BCUT2D eigenvalue weighted by Crippen LogP contribution is -2.34. The van der Waals surface area contributed by atoms with Gasteiger partial charge in [0.1, 0.15) is 23.2 Å². The van der Waals surface area contributed by atoms with Gasteiger partial charge >= 0.3 is 6.18 Å². The SMILES string of the molecule is COc1ccc(OC2CCNCC2)c(C(F)(F)F)c1. The smallest absolute Gasteiger partial charge is 0.420 e. The van der Waals surface area contributed by atoms with Crippen molar-refractivity contribution in [2.24, 2.45) is 0 Å². The molecule has 0 aromatic heterocycles. The molecule has 0 bridgehead atoms. The standard InChI is InChI=1S/C13H16F3NO2/c1-18-10-2-3-12(11(8-10)13(14,15)16)19-9-4-6-17-7-5-9/h2-3,8-9,17H,4-7H2,1H3. The highest BCUT2D eigenvalue weighted by Crippen LogP contribution is 2.39. The zero-order chi connectivity index (χ0) is 13.9. The van der Waals surface area contributed by atoms with Crippen LogP contribution < -0.4 is 14.8 Å². The van der Waals surface area contributed by atoms with E-state index < -0.39 is 11.7 Å². The fourth-order valence-corrected chi connectivity index (χ4v) is 2.05. The van der Waals surface area contributed by atoms with Crippen LogP contribution in [0.5, 0.6) is 11.5 Å². The van der Waals surface area contributed by atoms with Gasteiger partial charge in [-0.05, 0) is 44.1 Å². The van der Waals surface area contributed by atoms with Gasteiger partial charge in [0.15, 0.2) is 0 Å². The van der Waals surface area contributed by atoms with Gasteiger partial charge in [-0.15, -0.1) is 0 Å². The van der Waals surface area contributed by atoms with Gasteiger partial charge in [-0.3, -0.25) is 0 Å². The number of halogens is 3. The molecule has 1 N–H and O–H groups in total. The Balaban J connectivity index is 2.23. The van der Waals surface area contributed by atoms with E-state index in [1.165, 1.54) is 19.2 Å². The predicted octanol–water partition coefficient (Wildman–Crippen LogP) is 2.84. The highest BCUT2D eigenvalue weighted by Gasteiger charge is 2.35. The summed E-state index contributed by atoms with van der Waals surface area (Å²) >= 11 is 0. The highest BCUT2D eigenvalue weighted by atomic mass is 19.4. The molecule has 106 valence electrons. The molecule has 3 nitrogen and oxygen atoms in total. The fourth-order valence-electron chi connectivity index (χ4n) is 2.05. The number of nitrogens with one attached hydrogen (secondary N) is 1. The first-order valence-electron chi connectivity index (χ1n) is 6.13. The van der Waals surface area contributed by atoms with Gasteiger partial charge in [-0.2, -0.15) is 13.2 Å². The summed E-state index contributed by atoms with van der Waals surface area (Å²) in [7, 11) is 1.34. The summed E-state index contributed by atoms with van der Waals surface area (Å²) in [6.07, 6.45) is -3.19. The van der Waals surface area contributed by atoms with E-state index in [4.69, 9.17) is 9.47 Å². The molecular formula is C13H16F3NO2. The molecule has 1 fully saturated rings. The van der Waals surface area contributed by atoms with Crippen molar-refractivity contribution < 1.29 is 22.6 Å². The lowest BCUT2D eigenvalue weighted by atomic mass is 10.1. The number of methoxy groups -OCH3 is 1. The second-order valence-corrected chi connectivity index (χ2v) is 4.43. The maximum atomic E-state index is 13.0. The summed E-state index contributed by atoms with van der Waals surface area (Å²) in [5.74, 6) is 0.0465. The van der Waals surface area contributed by atoms with Crippen molar-refractivity contribution in [2.45, 2.75) is 25.1 Å². The van der Waals surface area contributed by atoms with Crippen LogP contribution in [0.1, 0.15) is 18.4 Å². The molecule has 19 heavy (non-hydrogen) atoms. The molecule has 2 rings (SSSR count). The van der Waals surface area contributed by atoms with Crippen molar-refractivity contribution >= 4 is 0 Å². The molecule has 0 saturated carbocycles. The molecule has 1 aromatic rings. The number of ether oxygens (including phenoxy) is 2. The van der Waals surface area contributed by atoms with E-state index in [0.29, 0.717) is 12.8 Å². The summed E-state index contributed by atoms with van der Waals surface area (Å²) in [5, 5.41) is 3.14. The van der Waals surface area contributed by atoms with Gasteiger partial charge < -0.3 is 14.8 Å². The third kappa shape index (κ3) is 3.53. The van der Waals surface area contributed by atoms with E-state index in [9.17, 15) is 13.2 Å². The first kappa shape index (κ1) is 14.0. The number of rotatable bonds is 3. The van der Waals surface area contributed by atoms with Crippen LogP contribution in [-0.2, 0) is 6.18 Å². The van der Waals surface area contributed by atoms with Crippen molar-refractivity contribution in [2.75, 3.05) is 20.2 Å². The Bertz CT molecular complexity index is 428. The molecule has 0 aliphatic carbocycles. The molecule has 6 heteroatoms.